The van der Waals surface area contributed by atoms with E-state index in [1.54, 1.807) is 0 Å². The highest BCUT2D eigenvalue weighted by Gasteiger charge is 2.53. The molecule has 0 spiro atoms. The topological polar surface area (TPSA) is 29.9 Å². The van der Waals surface area contributed by atoms with E-state index in [1.165, 1.54) is 23.1 Å². The summed E-state index contributed by atoms with van der Waals surface area (Å²) in [5.41, 5.74) is 6.02. The van der Waals surface area contributed by atoms with Gasteiger partial charge in [0.1, 0.15) is 5.82 Å². The number of nitrogens with one attached hydrogen (secondary N) is 1. The maximum absolute atomic E-state index is 4.75. The Kier molecular flexibility index (Phi) is 2.47. The minimum Gasteiger partial charge on any atom is -0.331 e. The lowest BCUT2D eigenvalue weighted by Gasteiger charge is -2.57. The fourth-order valence-corrected chi connectivity index (χ4v) is 4.57. The molecule has 2 unspecified atom stereocenters. The summed E-state index contributed by atoms with van der Waals surface area (Å²) in [5.74, 6) is 1.10. The maximum Gasteiger partial charge on any atom is 0.106 e. The number of piperidine rings is 1. The summed E-state index contributed by atoms with van der Waals surface area (Å²) in [4.78, 5) is 4.75. The average molecular weight is 283 g/mol. The Bertz CT molecular complexity index is 740. The first-order chi connectivity index (χ1) is 9.84. The predicted octanol–water partition coefficient (Wildman–Crippen LogP) is 3.08. The van der Waals surface area contributed by atoms with E-state index in [-0.39, 0.29) is 10.8 Å². The van der Waals surface area contributed by atoms with Gasteiger partial charge in [0.05, 0.1) is 11.0 Å². The molecule has 112 valence electrons. The van der Waals surface area contributed by atoms with Gasteiger partial charge < -0.3 is 9.88 Å². The highest BCUT2D eigenvalue weighted by Crippen LogP contribution is 2.54. The lowest BCUT2D eigenvalue weighted by atomic mass is 9.51. The first-order valence-corrected chi connectivity index (χ1v) is 8.04. The molecule has 1 aromatic carbocycles. The van der Waals surface area contributed by atoms with Crippen LogP contribution in [0.2, 0.25) is 0 Å². The van der Waals surface area contributed by atoms with Crippen molar-refractivity contribution in [1.29, 1.82) is 0 Å². The maximum atomic E-state index is 4.75. The molecule has 1 aliphatic carbocycles. The highest BCUT2D eigenvalue weighted by molar-refractivity contribution is 5.79. The van der Waals surface area contributed by atoms with Crippen molar-refractivity contribution >= 4 is 11.0 Å². The van der Waals surface area contributed by atoms with Crippen molar-refractivity contribution in [3.05, 3.63) is 29.1 Å². The van der Waals surface area contributed by atoms with Gasteiger partial charge in [0.15, 0.2) is 0 Å². The van der Waals surface area contributed by atoms with E-state index in [0.29, 0.717) is 6.04 Å². The second-order valence-electron chi connectivity index (χ2n) is 7.73. The molecule has 4 rings (SSSR count). The van der Waals surface area contributed by atoms with Gasteiger partial charge in [0.25, 0.3) is 0 Å². The number of benzene rings is 1. The molecular formula is C18H25N3. The van der Waals surface area contributed by atoms with Gasteiger partial charge in [-0.2, -0.15) is 0 Å². The van der Waals surface area contributed by atoms with Gasteiger partial charge >= 0.3 is 0 Å². The van der Waals surface area contributed by atoms with E-state index in [0.717, 1.165) is 24.3 Å². The molecule has 0 radical (unpaired) electrons. The van der Waals surface area contributed by atoms with Crippen LogP contribution in [-0.4, -0.2) is 22.1 Å². The largest absolute Gasteiger partial charge is 0.331 e. The third kappa shape index (κ3) is 1.50. The van der Waals surface area contributed by atoms with Crippen molar-refractivity contribution in [1.82, 2.24) is 14.9 Å². The molecule has 2 bridgehead atoms. The molecule has 3 heteroatoms. The smallest absolute Gasteiger partial charge is 0.106 e. The van der Waals surface area contributed by atoms with Crippen molar-refractivity contribution in [3.63, 3.8) is 0 Å². The molecule has 1 fully saturated rings. The molecule has 2 atom stereocenters. The number of hydrogen-bond donors (Lipinski definition) is 1. The number of nitrogens with zero attached hydrogens (tertiary/aromatic N) is 2. The lowest BCUT2D eigenvalue weighted by molar-refractivity contribution is 0.0561. The lowest BCUT2D eigenvalue weighted by Crippen LogP contribution is -2.62. The standard InChI is InChI=1S/C18H25N3/c1-11-20-14-10-13-12(8-15(14)21(11)5)9-16-17(2,3)18(13,4)6-7-19-16/h8,10,16,19H,6-7,9H2,1-5H3. The molecule has 0 saturated carbocycles. The van der Waals surface area contributed by atoms with Crippen LogP contribution in [-0.2, 0) is 18.9 Å². The highest BCUT2D eigenvalue weighted by atomic mass is 15.1. The number of aromatic nitrogens is 2. The van der Waals surface area contributed by atoms with E-state index in [4.69, 9.17) is 4.98 Å². The zero-order chi connectivity index (χ0) is 15.0. The summed E-state index contributed by atoms with van der Waals surface area (Å²) in [6.45, 7) is 10.5. The van der Waals surface area contributed by atoms with Crippen molar-refractivity contribution in [2.45, 2.75) is 52.0 Å². The van der Waals surface area contributed by atoms with Gasteiger partial charge in [-0.1, -0.05) is 20.8 Å². The Labute approximate surface area is 126 Å². The summed E-state index contributed by atoms with van der Waals surface area (Å²) in [6.07, 6.45) is 2.35. The van der Waals surface area contributed by atoms with Crippen LogP contribution in [0.15, 0.2) is 12.1 Å². The van der Waals surface area contributed by atoms with Gasteiger partial charge in [-0.25, -0.2) is 4.98 Å². The van der Waals surface area contributed by atoms with Gasteiger partial charge in [0.2, 0.25) is 0 Å². The minimum absolute atomic E-state index is 0.246. The number of imidazole rings is 1. The molecule has 1 aromatic heterocycles. The Morgan fingerprint density at radius 1 is 1.29 bits per heavy atom. The van der Waals surface area contributed by atoms with Crippen LogP contribution in [0.1, 0.15) is 44.1 Å². The van der Waals surface area contributed by atoms with Crippen molar-refractivity contribution in [3.8, 4) is 0 Å². The molecule has 21 heavy (non-hydrogen) atoms. The Balaban J connectivity index is 2.02. The van der Waals surface area contributed by atoms with Gasteiger partial charge in [-0.15, -0.1) is 0 Å². The fraction of sp³-hybridized carbons (Fsp3) is 0.611. The van der Waals surface area contributed by atoms with E-state index in [1.807, 2.05) is 0 Å². The van der Waals surface area contributed by atoms with Crippen LogP contribution in [0.5, 0.6) is 0 Å². The molecule has 1 N–H and O–H groups in total. The van der Waals surface area contributed by atoms with Crippen molar-refractivity contribution < 1.29 is 0 Å². The third-order valence-electron chi connectivity index (χ3n) is 6.66. The van der Waals surface area contributed by atoms with Gasteiger partial charge in [-0.05, 0) is 55.0 Å². The Hall–Kier alpha value is -1.35. The summed E-state index contributed by atoms with van der Waals surface area (Å²) in [6, 6.07) is 5.34. The minimum atomic E-state index is 0.246. The van der Waals surface area contributed by atoms with E-state index >= 15 is 0 Å². The van der Waals surface area contributed by atoms with Crippen molar-refractivity contribution in [2.75, 3.05) is 6.54 Å². The zero-order valence-electron chi connectivity index (χ0n) is 13.7. The second-order valence-corrected chi connectivity index (χ2v) is 7.73. The number of hydrogen-bond acceptors (Lipinski definition) is 2. The molecule has 2 aliphatic rings. The van der Waals surface area contributed by atoms with Gasteiger partial charge in [0, 0.05) is 18.5 Å². The first-order valence-electron chi connectivity index (χ1n) is 8.04. The van der Waals surface area contributed by atoms with Crippen molar-refractivity contribution in [2.24, 2.45) is 12.5 Å². The third-order valence-corrected chi connectivity index (χ3v) is 6.66. The fourth-order valence-electron chi connectivity index (χ4n) is 4.57. The molecule has 1 aliphatic heterocycles. The van der Waals surface area contributed by atoms with Crippen LogP contribution >= 0.6 is 0 Å². The normalized spacial score (nSPS) is 30.4. The van der Waals surface area contributed by atoms with Crippen LogP contribution in [0.3, 0.4) is 0 Å². The van der Waals surface area contributed by atoms with E-state index < -0.39 is 0 Å². The van der Waals surface area contributed by atoms with E-state index in [2.05, 4.69) is 56.8 Å². The quantitative estimate of drug-likeness (QED) is 0.805. The number of aryl methyl sites for hydroxylation is 2. The van der Waals surface area contributed by atoms with Gasteiger partial charge in [-0.3, -0.25) is 0 Å². The summed E-state index contributed by atoms with van der Waals surface area (Å²) >= 11 is 0. The van der Waals surface area contributed by atoms with Crippen LogP contribution < -0.4 is 5.32 Å². The molecule has 0 amide bonds. The molecule has 2 heterocycles. The molecular weight excluding hydrogens is 258 g/mol. The van der Waals surface area contributed by atoms with Crippen LogP contribution in [0.4, 0.5) is 0 Å². The number of rotatable bonds is 0. The van der Waals surface area contributed by atoms with E-state index in [9.17, 15) is 0 Å². The van der Waals surface area contributed by atoms with Crippen LogP contribution in [0, 0.1) is 12.3 Å². The molecule has 2 aromatic rings. The summed E-state index contributed by atoms with van der Waals surface area (Å²) in [5, 5.41) is 3.75. The number of fused-ring (bicyclic) bond motifs is 5. The Morgan fingerprint density at radius 3 is 2.81 bits per heavy atom. The predicted molar refractivity (Wildman–Crippen MR) is 86.7 cm³/mol. The monoisotopic (exact) mass is 283 g/mol. The molecule has 3 nitrogen and oxygen atoms in total. The van der Waals surface area contributed by atoms with Crippen LogP contribution in [0.25, 0.3) is 11.0 Å². The average Bonchev–Trinajstić information content (AvgIpc) is 2.68. The first kappa shape index (κ1) is 13.3. The zero-order valence-corrected chi connectivity index (χ0v) is 13.7. The summed E-state index contributed by atoms with van der Waals surface area (Å²) in [7, 11) is 2.12. The summed E-state index contributed by atoms with van der Waals surface area (Å²) < 4.78 is 2.21. The SMILES string of the molecule is Cc1nc2cc3c(cc2n1C)CC1NCCC3(C)C1(C)C. The second kappa shape index (κ2) is 3.89. The molecule has 1 saturated heterocycles. The Morgan fingerprint density at radius 2 is 2.05 bits per heavy atom.